The number of para-hydroxylation sites is 1. The van der Waals surface area contributed by atoms with Crippen molar-refractivity contribution in [2.45, 2.75) is 0 Å². The van der Waals surface area contributed by atoms with E-state index in [1.165, 1.54) is 0 Å². The van der Waals surface area contributed by atoms with Gasteiger partial charge in [-0.1, -0.05) is 140 Å². The molecule has 0 saturated heterocycles. The fourth-order valence-corrected chi connectivity index (χ4v) is 7.69. The number of nitrogens with zero attached hydrogens (tertiary/aromatic N) is 5. The molecular weight excluding hydrogens is 647 g/mol. The van der Waals surface area contributed by atoms with E-state index >= 15 is 0 Å². The smallest absolute Gasteiger partial charge is 0.188 e. The molecule has 0 aliphatic heterocycles. The van der Waals surface area contributed by atoms with E-state index in [9.17, 15) is 0 Å². The van der Waals surface area contributed by atoms with Crippen LogP contribution >= 0.6 is 0 Å². The lowest BCUT2D eigenvalue weighted by Crippen LogP contribution is -2.01. The van der Waals surface area contributed by atoms with Gasteiger partial charge in [0.2, 0.25) is 0 Å². The fraction of sp³-hybridized carbons (Fsp3) is 0. The maximum Gasteiger partial charge on any atom is 0.188 e. The van der Waals surface area contributed by atoms with Gasteiger partial charge in [0.1, 0.15) is 0 Å². The molecule has 0 fully saturated rings. The molecule has 0 saturated carbocycles. The minimum Gasteiger partial charge on any atom is -0.309 e. The van der Waals surface area contributed by atoms with Gasteiger partial charge in [0, 0.05) is 27.8 Å². The molecule has 0 N–H and O–H groups in total. The summed E-state index contributed by atoms with van der Waals surface area (Å²) in [6.07, 6.45) is 0. The molecule has 0 aliphatic carbocycles. The first-order chi connectivity index (χ1) is 26.2. The van der Waals surface area contributed by atoms with Crippen molar-refractivity contribution in [1.29, 1.82) is 0 Å². The second-order valence-electron chi connectivity index (χ2n) is 13.1. The maximum absolute atomic E-state index is 7.77. The Morgan fingerprint density at radius 1 is 0.377 bits per heavy atom. The molecule has 0 bridgehead atoms. The van der Waals surface area contributed by atoms with Crippen LogP contribution in [0.3, 0.4) is 0 Å². The molecule has 0 aliphatic rings. The predicted octanol–water partition coefficient (Wildman–Crippen LogP) is 12.5. The van der Waals surface area contributed by atoms with Crippen molar-refractivity contribution in [3.63, 3.8) is 0 Å². The first-order valence-electron chi connectivity index (χ1n) is 17.6. The van der Waals surface area contributed by atoms with E-state index in [-0.39, 0.29) is 0 Å². The van der Waals surface area contributed by atoms with Crippen LogP contribution in [0.25, 0.3) is 99.2 Å². The summed E-state index contributed by atoms with van der Waals surface area (Å²) in [6, 6.07) is 60.5. The minimum absolute atomic E-state index is 0.623. The highest BCUT2D eigenvalue weighted by atomic mass is 15.0. The second kappa shape index (κ2) is 12.4. The van der Waals surface area contributed by atoms with Crippen LogP contribution in [0.4, 0.5) is 5.69 Å². The average Bonchev–Trinajstić information content (AvgIpc) is 3.56. The lowest BCUT2D eigenvalue weighted by Gasteiger charge is -2.18. The van der Waals surface area contributed by atoms with Crippen molar-refractivity contribution in [1.82, 2.24) is 19.5 Å². The van der Waals surface area contributed by atoms with Gasteiger partial charge in [0.05, 0.1) is 17.6 Å². The largest absolute Gasteiger partial charge is 0.309 e. The molecule has 8 aromatic carbocycles. The van der Waals surface area contributed by atoms with Crippen molar-refractivity contribution in [3.8, 4) is 51.0 Å². The molecule has 0 radical (unpaired) electrons. The first-order valence-corrected chi connectivity index (χ1v) is 17.6. The Labute approximate surface area is 305 Å². The summed E-state index contributed by atoms with van der Waals surface area (Å²) in [4.78, 5) is 19.1. The van der Waals surface area contributed by atoms with Crippen molar-refractivity contribution in [2.24, 2.45) is 0 Å². The predicted molar refractivity (Wildman–Crippen MR) is 217 cm³/mol. The van der Waals surface area contributed by atoms with E-state index in [2.05, 4.69) is 106 Å². The van der Waals surface area contributed by atoms with Crippen LogP contribution in [0.1, 0.15) is 0 Å². The summed E-state index contributed by atoms with van der Waals surface area (Å²) in [7, 11) is 0. The Morgan fingerprint density at radius 2 is 0.830 bits per heavy atom. The molecule has 0 spiro atoms. The average molecular weight is 676 g/mol. The zero-order valence-corrected chi connectivity index (χ0v) is 28.5. The molecule has 10 aromatic rings. The molecule has 10 rings (SSSR count). The van der Waals surface area contributed by atoms with Crippen LogP contribution in [-0.2, 0) is 0 Å². The van der Waals surface area contributed by atoms with Gasteiger partial charge in [-0.2, -0.15) is 0 Å². The standard InChI is InChI=1S/C48H29N5/c1-49-34-26-28-43-41(30-34)40-29-33(25-27-42(40)53(43)35-19-9-4-10-20-35)44-36-21-11-13-23-38(36)45(39-24-14-12-22-37(39)44)48-51-46(31-15-5-2-6-16-31)50-47(52-48)32-17-7-3-8-18-32/h2-30H. The van der Waals surface area contributed by atoms with Gasteiger partial charge in [0.25, 0.3) is 0 Å². The molecule has 0 unspecified atom stereocenters. The van der Waals surface area contributed by atoms with Crippen LogP contribution in [-0.4, -0.2) is 19.5 Å². The number of hydrogen-bond donors (Lipinski definition) is 0. The minimum atomic E-state index is 0.623. The van der Waals surface area contributed by atoms with E-state index in [0.717, 1.165) is 76.9 Å². The molecule has 2 aromatic heterocycles. The van der Waals surface area contributed by atoms with Crippen LogP contribution in [0.15, 0.2) is 176 Å². The molecule has 5 nitrogen and oxygen atoms in total. The Bertz CT molecular complexity index is 2940. The molecule has 0 atom stereocenters. The molecular formula is C48H29N5. The highest BCUT2D eigenvalue weighted by Gasteiger charge is 2.21. The Kier molecular flexibility index (Phi) is 7.12. The van der Waals surface area contributed by atoms with Crippen LogP contribution < -0.4 is 0 Å². The summed E-state index contributed by atoms with van der Waals surface area (Å²) in [5.74, 6) is 1.89. The van der Waals surface area contributed by atoms with Crippen LogP contribution in [0.5, 0.6) is 0 Å². The van der Waals surface area contributed by atoms with Gasteiger partial charge >= 0.3 is 0 Å². The third kappa shape index (κ3) is 5.04. The van der Waals surface area contributed by atoms with Gasteiger partial charge in [-0.05, 0) is 74.5 Å². The summed E-state index contributed by atoms with van der Waals surface area (Å²) in [5, 5.41) is 6.49. The third-order valence-electron chi connectivity index (χ3n) is 10.0. The van der Waals surface area contributed by atoms with E-state index in [0.29, 0.717) is 23.2 Å². The summed E-state index contributed by atoms with van der Waals surface area (Å²) in [6.45, 7) is 7.77. The number of aromatic nitrogens is 4. The SMILES string of the molecule is [C-]#[N+]c1ccc2c(c1)c1cc(-c3c4ccccc4c(-c4nc(-c5ccccc5)nc(-c5ccccc5)n4)c4ccccc34)ccc1n2-c1ccccc1. The lowest BCUT2D eigenvalue weighted by molar-refractivity contribution is 1.08. The zero-order valence-electron chi connectivity index (χ0n) is 28.5. The van der Waals surface area contributed by atoms with Gasteiger partial charge in [-0.25, -0.2) is 19.8 Å². The lowest BCUT2D eigenvalue weighted by atomic mass is 9.87. The number of hydrogen-bond acceptors (Lipinski definition) is 3. The van der Waals surface area contributed by atoms with E-state index in [1.807, 2.05) is 78.9 Å². The zero-order chi connectivity index (χ0) is 35.3. The van der Waals surface area contributed by atoms with Crippen LogP contribution in [0, 0.1) is 6.57 Å². The van der Waals surface area contributed by atoms with Crippen molar-refractivity contribution in [2.75, 3.05) is 0 Å². The highest BCUT2D eigenvalue weighted by molar-refractivity contribution is 6.22. The monoisotopic (exact) mass is 675 g/mol. The Morgan fingerprint density at radius 3 is 1.38 bits per heavy atom. The van der Waals surface area contributed by atoms with Crippen LogP contribution in [0.2, 0.25) is 0 Å². The van der Waals surface area contributed by atoms with Crippen molar-refractivity contribution < 1.29 is 0 Å². The van der Waals surface area contributed by atoms with Gasteiger partial charge in [-0.15, -0.1) is 0 Å². The van der Waals surface area contributed by atoms with E-state index < -0.39 is 0 Å². The Balaban J connectivity index is 1.27. The van der Waals surface area contributed by atoms with E-state index in [4.69, 9.17) is 21.5 Å². The van der Waals surface area contributed by atoms with Crippen molar-refractivity contribution >= 4 is 49.0 Å². The number of rotatable bonds is 5. The first kappa shape index (κ1) is 30.4. The third-order valence-corrected chi connectivity index (χ3v) is 10.0. The molecule has 5 heteroatoms. The molecule has 53 heavy (non-hydrogen) atoms. The molecule has 2 heterocycles. The number of benzene rings is 8. The highest BCUT2D eigenvalue weighted by Crippen LogP contribution is 2.45. The summed E-state index contributed by atoms with van der Waals surface area (Å²) < 4.78 is 2.29. The second-order valence-corrected chi connectivity index (χ2v) is 13.1. The molecule has 0 amide bonds. The maximum atomic E-state index is 7.77. The summed E-state index contributed by atoms with van der Waals surface area (Å²) in [5.41, 5.74) is 8.95. The molecule has 246 valence electrons. The normalized spacial score (nSPS) is 11.4. The quantitative estimate of drug-likeness (QED) is 0.135. The fourth-order valence-electron chi connectivity index (χ4n) is 7.69. The van der Waals surface area contributed by atoms with Gasteiger partial charge in [-0.3, -0.25) is 0 Å². The topological polar surface area (TPSA) is 48.0 Å². The Hall–Kier alpha value is -7.42. The number of fused-ring (bicyclic) bond motifs is 5. The van der Waals surface area contributed by atoms with Gasteiger partial charge < -0.3 is 4.57 Å². The van der Waals surface area contributed by atoms with E-state index in [1.54, 1.807) is 0 Å². The summed E-state index contributed by atoms with van der Waals surface area (Å²) >= 11 is 0. The van der Waals surface area contributed by atoms with Gasteiger partial charge in [0.15, 0.2) is 23.2 Å². The van der Waals surface area contributed by atoms with Crippen molar-refractivity contribution in [3.05, 3.63) is 187 Å².